The van der Waals surface area contributed by atoms with Gasteiger partial charge in [0.2, 0.25) is 5.91 Å². The third kappa shape index (κ3) is 6.30. The molecule has 1 aliphatic heterocycles. The van der Waals surface area contributed by atoms with Gasteiger partial charge in [0.15, 0.2) is 0 Å². The fourth-order valence-corrected chi connectivity index (χ4v) is 3.10. The van der Waals surface area contributed by atoms with Crippen LogP contribution in [0.25, 0.3) is 0 Å². The molecule has 1 saturated heterocycles. The van der Waals surface area contributed by atoms with Crippen molar-refractivity contribution < 1.29 is 19.1 Å². The number of ether oxygens (including phenoxy) is 2. The van der Waals surface area contributed by atoms with Crippen LogP contribution in [0.2, 0.25) is 0 Å². The molecular formula is C22H26N2O4. The van der Waals surface area contributed by atoms with Gasteiger partial charge in [-0.1, -0.05) is 48.5 Å². The molecular weight excluding hydrogens is 356 g/mol. The molecule has 1 heterocycles. The molecule has 0 unspecified atom stereocenters. The third-order valence-electron chi connectivity index (χ3n) is 4.66. The highest BCUT2D eigenvalue weighted by Crippen LogP contribution is 2.13. The van der Waals surface area contributed by atoms with Crippen LogP contribution in [0.1, 0.15) is 24.8 Å². The zero-order chi connectivity index (χ0) is 19.6. The molecule has 2 amide bonds. The van der Waals surface area contributed by atoms with Crippen LogP contribution in [0, 0.1) is 0 Å². The van der Waals surface area contributed by atoms with Gasteiger partial charge in [-0.05, 0) is 30.5 Å². The highest BCUT2D eigenvalue weighted by molar-refractivity contribution is 5.76. The van der Waals surface area contributed by atoms with Crippen molar-refractivity contribution in [3.8, 4) is 5.75 Å². The van der Waals surface area contributed by atoms with E-state index in [9.17, 15) is 9.59 Å². The van der Waals surface area contributed by atoms with E-state index in [1.165, 1.54) is 0 Å². The molecule has 0 bridgehead atoms. The first kappa shape index (κ1) is 19.7. The Morgan fingerprint density at radius 1 is 0.964 bits per heavy atom. The highest BCUT2D eigenvalue weighted by atomic mass is 16.6. The number of carbonyl (C=O) groups is 2. The van der Waals surface area contributed by atoms with E-state index in [-0.39, 0.29) is 24.6 Å². The molecule has 148 valence electrons. The van der Waals surface area contributed by atoms with Crippen molar-refractivity contribution in [2.45, 2.75) is 31.9 Å². The second-order valence-corrected chi connectivity index (χ2v) is 6.78. The normalized spacial score (nSPS) is 14.4. The Bertz CT molecular complexity index is 744. The van der Waals surface area contributed by atoms with Crippen LogP contribution in [0.3, 0.4) is 0 Å². The first-order chi connectivity index (χ1) is 13.7. The second kappa shape index (κ2) is 10.3. The predicted molar refractivity (Wildman–Crippen MR) is 106 cm³/mol. The second-order valence-electron chi connectivity index (χ2n) is 6.78. The van der Waals surface area contributed by atoms with Crippen LogP contribution in [-0.4, -0.2) is 42.6 Å². The Labute approximate surface area is 165 Å². The minimum atomic E-state index is -0.301. The summed E-state index contributed by atoms with van der Waals surface area (Å²) in [6.45, 7) is 1.79. The number of piperidine rings is 1. The summed E-state index contributed by atoms with van der Waals surface area (Å²) in [7, 11) is 0. The molecule has 2 aromatic rings. The first-order valence-corrected chi connectivity index (χ1v) is 9.63. The lowest BCUT2D eigenvalue weighted by atomic mass is 10.1. The minimum Gasteiger partial charge on any atom is -0.493 e. The van der Waals surface area contributed by atoms with Gasteiger partial charge in [0, 0.05) is 19.1 Å². The van der Waals surface area contributed by atoms with E-state index >= 15 is 0 Å². The summed E-state index contributed by atoms with van der Waals surface area (Å²) in [6, 6.07) is 19.2. The van der Waals surface area contributed by atoms with Crippen molar-refractivity contribution in [1.29, 1.82) is 0 Å². The van der Waals surface area contributed by atoms with Crippen molar-refractivity contribution in [1.82, 2.24) is 10.2 Å². The van der Waals surface area contributed by atoms with Gasteiger partial charge >= 0.3 is 6.09 Å². The largest absolute Gasteiger partial charge is 0.493 e. The predicted octanol–water partition coefficient (Wildman–Crippen LogP) is 3.37. The molecule has 0 aliphatic carbocycles. The van der Waals surface area contributed by atoms with Gasteiger partial charge in [-0.3, -0.25) is 4.79 Å². The number of para-hydroxylation sites is 1. The van der Waals surface area contributed by atoms with E-state index in [0.717, 1.165) is 24.2 Å². The SMILES string of the molecule is O=C(CCOc1ccccc1)NC1CCN(C(=O)OCc2ccccc2)CC1. The number of nitrogens with zero attached hydrogens (tertiary/aromatic N) is 1. The number of nitrogens with one attached hydrogen (secondary N) is 1. The van der Waals surface area contributed by atoms with Crippen molar-refractivity contribution in [3.63, 3.8) is 0 Å². The zero-order valence-corrected chi connectivity index (χ0v) is 15.9. The Balaban J connectivity index is 1.31. The van der Waals surface area contributed by atoms with Crippen LogP contribution in [0.4, 0.5) is 4.79 Å². The molecule has 0 radical (unpaired) electrons. The number of rotatable bonds is 7. The lowest BCUT2D eigenvalue weighted by Crippen LogP contribution is -2.46. The van der Waals surface area contributed by atoms with E-state index < -0.39 is 0 Å². The molecule has 0 saturated carbocycles. The third-order valence-corrected chi connectivity index (χ3v) is 4.66. The minimum absolute atomic E-state index is 0.0268. The summed E-state index contributed by atoms with van der Waals surface area (Å²) in [5.41, 5.74) is 0.968. The Morgan fingerprint density at radius 3 is 2.29 bits per heavy atom. The number of benzene rings is 2. The van der Waals surface area contributed by atoms with Gasteiger partial charge < -0.3 is 19.7 Å². The summed E-state index contributed by atoms with van der Waals surface area (Å²) in [5.74, 6) is 0.735. The van der Waals surface area contributed by atoms with E-state index in [1.54, 1.807) is 4.90 Å². The maximum atomic E-state index is 12.2. The maximum absolute atomic E-state index is 12.2. The van der Waals surface area contributed by atoms with E-state index in [0.29, 0.717) is 26.1 Å². The number of carbonyl (C=O) groups excluding carboxylic acids is 2. The van der Waals surface area contributed by atoms with E-state index in [4.69, 9.17) is 9.47 Å². The van der Waals surface area contributed by atoms with Gasteiger partial charge in [-0.25, -0.2) is 4.79 Å². The summed E-state index contributed by atoms with van der Waals surface area (Å²) < 4.78 is 10.9. The van der Waals surface area contributed by atoms with Gasteiger partial charge in [-0.2, -0.15) is 0 Å². The highest BCUT2D eigenvalue weighted by Gasteiger charge is 2.24. The standard InChI is InChI=1S/C22H26N2O4/c25-21(13-16-27-20-9-5-2-6-10-20)23-19-11-14-24(15-12-19)22(26)28-17-18-7-3-1-4-8-18/h1-10,19H,11-17H2,(H,23,25). The molecule has 0 spiro atoms. The average molecular weight is 382 g/mol. The molecule has 6 nitrogen and oxygen atoms in total. The fraction of sp³-hybridized carbons (Fsp3) is 0.364. The van der Waals surface area contributed by atoms with Gasteiger partial charge in [0.05, 0.1) is 13.0 Å². The fourth-order valence-electron chi connectivity index (χ4n) is 3.10. The number of amides is 2. The number of hydrogen-bond acceptors (Lipinski definition) is 4. The molecule has 0 atom stereocenters. The smallest absolute Gasteiger partial charge is 0.410 e. The number of hydrogen-bond donors (Lipinski definition) is 1. The topological polar surface area (TPSA) is 67.9 Å². The molecule has 2 aromatic carbocycles. The lowest BCUT2D eigenvalue weighted by Gasteiger charge is -2.31. The monoisotopic (exact) mass is 382 g/mol. The van der Waals surface area contributed by atoms with Crippen molar-refractivity contribution >= 4 is 12.0 Å². The van der Waals surface area contributed by atoms with E-state index in [1.807, 2.05) is 60.7 Å². The molecule has 1 N–H and O–H groups in total. The Morgan fingerprint density at radius 2 is 1.61 bits per heavy atom. The quantitative estimate of drug-likeness (QED) is 0.797. The van der Waals surface area contributed by atoms with Crippen LogP contribution in [0.15, 0.2) is 60.7 Å². The molecule has 28 heavy (non-hydrogen) atoms. The zero-order valence-electron chi connectivity index (χ0n) is 15.9. The summed E-state index contributed by atoms with van der Waals surface area (Å²) in [4.78, 5) is 26.0. The Hall–Kier alpha value is -3.02. The van der Waals surface area contributed by atoms with Crippen LogP contribution in [0.5, 0.6) is 5.75 Å². The Kier molecular flexibility index (Phi) is 7.29. The molecule has 1 aliphatic rings. The van der Waals surface area contributed by atoms with E-state index in [2.05, 4.69) is 5.32 Å². The molecule has 1 fully saturated rings. The number of likely N-dealkylation sites (tertiary alicyclic amines) is 1. The molecule has 6 heteroatoms. The van der Waals surface area contributed by atoms with Gasteiger partial charge in [-0.15, -0.1) is 0 Å². The van der Waals surface area contributed by atoms with Crippen molar-refractivity contribution in [2.24, 2.45) is 0 Å². The average Bonchev–Trinajstić information content (AvgIpc) is 2.74. The van der Waals surface area contributed by atoms with Crippen molar-refractivity contribution in [2.75, 3.05) is 19.7 Å². The van der Waals surface area contributed by atoms with Gasteiger partial charge in [0.25, 0.3) is 0 Å². The summed E-state index contributed by atoms with van der Waals surface area (Å²) >= 11 is 0. The first-order valence-electron chi connectivity index (χ1n) is 9.63. The van der Waals surface area contributed by atoms with Crippen LogP contribution < -0.4 is 10.1 Å². The molecule has 3 rings (SSSR count). The summed E-state index contributed by atoms with van der Waals surface area (Å²) in [5, 5.41) is 3.02. The maximum Gasteiger partial charge on any atom is 0.410 e. The summed E-state index contributed by atoms with van der Waals surface area (Å²) in [6.07, 6.45) is 1.47. The van der Waals surface area contributed by atoms with Crippen molar-refractivity contribution in [3.05, 3.63) is 66.2 Å². The van der Waals surface area contributed by atoms with Gasteiger partial charge in [0.1, 0.15) is 12.4 Å². The van der Waals surface area contributed by atoms with Crippen LogP contribution >= 0.6 is 0 Å². The molecule has 0 aromatic heterocycles. The van der Waals surface area contributed by atoms with Crippen LogP contribution in [-0.2, 0) is 16.1 Å². The lowest BCUT2D eigenvalue weighted by molar-refractivity contribution is -0.122.